The number of ether oxygens (including phenoxy) is 1. The minimum atomic E-state index is -1.05. The summed E-state index contributed by atoms with van der Waals surface area (Å²) in [7, 11) is 0. The summed E-state index contributed by atoms with van der Waals surface area (Å²) in [4.78, 5) is 62.1. The molecular formula is C31H35N5O7. The van der Waals surface area contributed by atoms with Crippen molar-refractivity contribution in [1.29, 1.82) is 0 Å². The van der Waals surface area contributed by atoms with E-state index in [2.05, 4.69) is 21.3 Å². The van der Waals surface area contributed by atoms with Crippen molar-refractivity contribution in [1.82, 2.24) is 21.3 Å². The topological polar surface area (TPSA) is 189 Å². The van der Waals surface area contributed by atoms with Crippen LogP contribution in [0.2, 0.25) is 0 Å². The van der Waals surface area contributed by atoms with Crippen molar-refractivity contribution in [3.05, 3.63) is 102 Å². The number of hydrogen-bond donors (Lipinski definition) is 6. The van der Waals surface area contributed by atoms with Crippen LogP contribution in [0.4, 0.5) is 0 Å². The van der Waals surface area contributed by atoms with E-state index in [1.54, 1.807) is 48.5 Å². The van der Waals surface area contributed by atoms with E-state index in [4.69, 9.17) is 10.5 Å². The van der Waals surface area contributed by atoms with Gasteiger partial charge in [0.25, 0.3) is 0 Å². The van der Waals surface area contributed by atoms with Crippen LogP contribution >= 0.6 is 0 Å². The summed E-state index contributed by atoms with van der Waals surface area (Å²) in [5, 5.41) is 19.3. The Hall–Kier alpha value is -5.23. The molecule has 0 aliphatic heterocycles. The number of amides is 4. The Morgan fingerprint density at radius 2 is 1.21 bits per heavy atom. The molecule has 0 spiro atoms. The fourth-order valence-electron chi connectivity index (χ4n) is 3.89. The number of nitrogens with two attached hydrogens (primary N) is 1. The second-order valence-corrected chi connectivity index (χ2v) is 9.65. The Morgan fingerprint density at radius 1 is 0.651 bits per heavy atom. The van der Waals surface area contributed by atoms with Gasteiger partial charge in [-0.15, -0.1) is 0 Å². The molecule has 0 saturated carbocycles. The maximum absolute atomic E-state index is 12.9. The Kier molecular flexibility index (Phi) is 12.7. The smallest absolute Gasteiger partial charge is 0.325 e. The van der Waals surface area contributed by atoms with E-state index in [9.17, 15) is 29.1 Å². The lowest BCUT2D eigenvalue weighted by Crippen LogP contribution is -2.53. The van der Waals surface area contributed by atoms with Gasteiger partial charge in [0.05, 0.1) is 19.1 Å². The molecule has 0 bridgehead atoms. The summed E-state index contributed by atoms with van der Waals surface area (Å²) >= 11 is 0. The highest BCUT2D eigenvalue weighted by Gasteiger charge is 2.23. The highest BCUT2D eigenvalue weighted by Crippen LogP contribution is 2.11. The van der Waals surface area contributed by atoms with Gasteiger partial charge in [0.2, 0.25) is 23.6 Å². The minimum absolute atomic E-state index is 0.0674. The molecule has 3 rings (SSSR count). The maximum Gasteiger partial charge on any atom is 0.325 e. The SMILES string of the molecule is N[C@@H](Cc1ccc(O)cc1)C(=O)NCC(=O)N[C@@H](Cc1ccccc1)C(=O)NCC(=O)NCC(=O)OCc1ccccc1. The van der Waals surface area contributed by atoms with E-state index in [0.717, 1.165) is 16.7 Å². The highest BCUT2D eigenvalue weighted by atomic mass is 16.5. The number of nitrogens with one attached hydrogen (secondary N) is 4. The van der Waals surface area contributed by atoms with Crippen LogP contribution in [-0.2, 0) is 48.2 Å². The van der Waals surface area contributed by atoms with Gasteiger partial charge in [-0.25, -0.2) is 0 Å². The zero-order valence-corrected chi connectivity index (χ0v) is 23.5. The van der Waals surface area contributed by atoms with Crippen LogP contribution in [0.5, 0.6) is 5.75 Å². The van der Waals surface area contributed by atoms with E-state index < -0.39 is 54.8 Å². The zero-order chi connectivity index (χ0) is 31.0. The maximum atomic E-state index is 12.9. The predicted molar refractivity (Wildman–Crippen MR) is 157 cm³/mol. The number of carbonyl (C=O) groups excluding carboxylic acids is 5. The minimum Gasteiger partial charge on any atom is -0.508 e. The van der Waals surface area contributed by atoms with Crippen molar-refractivity contribution in [3.63, 3.8) is 0 Å². The lowest BCUT2D eigenvalue weighted by molar-refractivity contribution is -0.145. The molecular weight excluding hydrogens is 554 g/mol. The lowest BCUT2D eigenvalue weighted by atomic mass is 10.0. The molecule has 2 atom stereocenters. The van der Waals surface area contributed by atoms with Crippen LogP contribution < -0.4 is 27.0 Å². The summed E-state index contributed by atoms with van der Waals surface area (Å²) < 4.78 is 5.11. The second-order valence-electron chi connectivity index (χ2n) is 9.65. The average Bonchev–Trinajstić information content (AvgIpc) is 3.02. The lowest BCUT2D eigenvalue weighted by Gasteiger charge is -2.19. The Labute approximate surface area is 249 Å². The second kappa shape index (κ2) is 16.9. The number of hydrogen-bond acceptors (Lipinski definition) is 8. The van der Waals surface area contributed by atoms with Crippen LogP contribution in [0, 0.1) is 0 Å². The van der Waals surface area contributed by atoms with Gasteiger partial charge in [-0.05, 0) is 35.2 Å². The quantitative estimate of drug-likeness (QED) is 0.134. The van der Waals surface area contributed by atoms with Crippen LogP contribution in [0.1, 0.15) is 16.7 Å². The summed E-state index contributed by atoms with van der Waals surface area (Å²) in [5.74, 6) is -2.99. The molecule has 0 radical (unpaired) electrons. The first-order valence-corrected chi connectivity index (χ1v) is 13.6. The van der Waals surface area contributed by atoms with E-state index in [1.165, 1.54) is 12.1 Å². The molecule has 12 heteroatoms. The first kappa shape index (κ1) is 32.3. The molecule has 3 aromatic carbocycles. The third-order valence-electron chi connectivity index (χ3n) is 6.18. The zero-order valence-electron chi connectivity index (χ0n) is 23.5. The molecule has 7 N–H and O–H groups in total. The van der Waals surface area contributed by atoms with Gasteiger partial charge in [-0.2, -0.15) is 0 Å². The molecule has 0 saturated heterocycles. The molecule has 12 nitrogen and oxygen atoms in total. The number of phenols is 1. The van der Waals surface area contributed by atoms with Gasteiger partial charge in [0.1, 0.15) is 24.9 Å². The summed E-state index contributed by atoms with van der Waals surface area (Å²) in [5.41, 5.74) is 8.24. The predicted octanol–water partition coefficient (Wildman–Crippen LogP) is 0.0815. The number of phenolic OH excluding ortho intramolecular Hbond substituents is 1. The van der Waals surface area contributed by atoms with Gasteiger partial charge < -0.3 is 36.8 Å². The van der Waals surface area contributed by atoms with Crippen molar-refractivity contribution >= 4 is 29.6 Å². The fraction of sp³-hybridized carbons (Fsp3) is 0.258. The molecule has 4 amide bonds. The van der Waals surface area contributed by atoms with Gasteiger partial charge in [0.15, 0.2) is 0 Å². The Bertz CT molecular complexity index is 1370. The van der Waals surface area contributed by atoms with Crippen molar-refractivity contribution < 1.29 is 33.8 Å². The summed E-state index contributed by atoms with van der Waals surface area (Å²) in [6, 6.07) is 22.3. The van der Waals surface area contributed by atoms with Crippen LogP contribution in [0.25, 0.3) is 0 Å². The highest BCUT2D eigenvalue weighted by molar-refractivity contribution is 5.93. The average molecular weight is 590 g/mol. The molecule has 0 fully saturated rings. The molecule has 0 heterocycles. The van der Waals surface area contributed by atoms with Crippen molar-refractivity contribution in [3.8, 4) is 5.75 Å². The van der Waals surface area contributed by atoms with Gasteiger partial charge in [0, 0.05) is 6.42 Å². The van der Waals surface area contributed by atoms with Crippen molar-refractivity contribution in [2.24, 2.45) is 5.73 Å². The molecule has 43 heavy (non-hydrogen) atoms. The van der Waals surface area contributed by atoms with E-state index in [-0.39, 0.29) is 31.7 Å². The van der Waals surface area contributed by atoms with Crippen molar-refractivity contribution in [2.75, 3.05) is 19.6 Å². The summed E-state index contributed by atoms with van der Waals surface area (Å²) in [6.07, 6.45) is 0.319. The van der Waals surface area contributed by atoms with Crippen LogP contribution in [0.15, 0.2) is 84.9 Å². The van der Waals surface area contributed by atoms with Crippen molar-refractivity contribution in [2.45, 2.75) is 31.5 Å². The standard InChI is InChI=1S/C31H35N5O7/c32-25(15-22-11-13-24(37)14-12-22)30(41)34-18-28(39)36-26(16-21-7-3-1-4-8-21)31(42)35-17-27(38)33-19-29(40)43-20-23-9-5-2-6-10-23/h1-14,25-26,37H,15-20,32H2,(H,33,38)(H,34,41)(H,35,42)(H,36,39)/t25-,26-/m0/s1. The number of rotatable bonds is 15. The molecule has 0 aliphatic carbocycles. The van der Waals surface area contributed by atoms with Gasteiger partial charge >= 0.3 is 5.97 Å². The Balaban J connectivity index is 1.45. The first-order valence-electron chi connectivity index (χ1n) is 13.6. The monoisotopic (exact) mass is 589 g/mol. The molecule has 0 unspecified atom stereocenters. The third-order valence-corrected chi connectivity index (χ3v) is 6.18. The van der Waals surface area contributed by atoms with E-state index in [1.807, 2.05) is 24.3 Å². The number of aromatic hydroxyl groups is 1. The van der Waals surface area contributed by atoms with Gasteiger partial charge in [-0.1, -0.05) is 72.8 Å². The fourth-order valence-corrected chi connectivity index (χ4v) is 3.89. The van der Waals surface area contributed by atoms with E-state index in [0.29, 0.717) is 0 Å². The normalized spacial score (nSPS) is 11.8. The molecule has 3 aromatic rings. The largest absolute Gasteiger partial charge is 0.508 e. The molecule has 226 valence electrons. The number of carbonyl (C=O) groups is 5. The number of esters is 1. The number of benzene rings is 3. The molecule has 0 aromatic heterocycles. The van der Waals surface area contributed by atoms with Crippen LogP contribution in [-0.4, -0.2) is 66.4 Å². The van der Waals surface area contributed by atoms with Gasteiger partial charge in [-0.3, -0.25) is 24.0 Å². The summed E-state index contributed by atoms with van der Waals surface area (Å²) in [6.45, 7) is -1.17. The van der Waals surface area contributed by atoms with Crippen LogP contribution in [0.3, 0.4) is 0 Å². The Morgan fingerprint density at radius 3 is 1.86 bits per heavy atom. The van der Waals surface area contributed by atoms with E-state index >= 15 is 0 Å². The third kappa shape index (κ3) is 12.0. The first-order chi connectivity index (χ1) is 20.7. The molecule has 0 aliphatic rings.